The zero-order valence-corrected chi connectivity index (χ0v) is 11.4. The molecule has 2 rings (SSSR count). The summed E-state index contributed by atoms with van der Waals surface area (Å²) >= 11 is 6.20. The van der Waals surface area contributed by atoms with Gasteiger partial charge in [-0.1, -0.05) is 31.5 Å². The van der Waals surface area contributed by atoms with E-state index in [2.05, 4.69) is 24.8 Å². The summed E-state index contributed by atoms with van der Waals surface area (Å²) in [5, 5.41) is 0.790. The third-order valence-electron chi connectivity index (χ3n) is 3.81. The second-order valence-corrected chi connectivity index (χ2v) is 5.59. The van der Waals surface area contributed by atoms with Crippen molar-refractivity contribution in [2.75, 3.05) is 18.0 Å². The topological polar surface area (TPSA) is 29.3 Å². The maximum absolute atomic E-state index is 6.20. The molecule has 1 saturated heterocycles. The molecule has 1 aliphatic heterocycles. The molecule has 1 aromatic carbocycles. The highest BCUT2D eigenvalue weighted by atomic mass is 35.5. The Bertz CT molecular complexity index is 390. The second kappa shape index (κ2) is 5.28. The van der Waals surface area contributed by atoms with E-state index in [4.69, 9.17) is 17.3 Å². The molecular formula is C14H21ClN2. The molecular weight excluding hydrogens is 232 g/mol. The molecule has 1 unspecified atom stereocenters. The molecule has 1 aromatic rings. The summed E-state index contributed by atoms with van der Waals surface area (Å²) in [5.41, 5.74) is 8.11. The summed E-state index contributed by atoms with van der Waals surface area (Å²) in [6, 6.07) is 6.07. The quantitative estimate of drug-likeness (QED) is 0.895. The molecule has 1 aliphatic rings. The number of benzene rings is 1. The van der Waals surface area contributed by atoms with Crippen LogP contribution >= 0.6 is 11.6 Å². The van der Waals surface area contributed by atoms with Gasteiger partial charge < -0.3 is 10.6 Å². The maximum atomic E-state index is 6.20. The average Bonchev–Trinajstić information content (AvgIpc) is 2.77. The van der Waals surface area contributed by atoms with Crippen LogP contribution in [0.15, 0.2) is 18.2 Å². The number of rotatable bonds is 3. The molecule has 1 atom stereocenters. The van der Waals surface area contributed by atoms with Gasteiger partial charge in [0, 0.05) is 35.9 Å². The fraction of sp³-hybridized carbons (Fsp3) is 0.571. The van der Waals surface area contributed by atoms with E-state index in [0.29, 0.717) is 6.54 Å². The summed E-state index contributed by atoms with van der Waals surface area (Å²) in [4.78, 5) is 2.43. The van der Waals surface area contributed by atoms with E-state index in [-0.39, 0.29) is 0 Å². The summed E-state index contributed by atoms with van der Waals surface area (Å²) in [6.07, 6.45) is 1.27. The van der Waals surface area contributed by atoms with E-state index < -0.39 is 0 Å². The molecule has 0 radical (unpaired) electrons. The summed E-state index contributed by atoms with van der Waals surface area (Å²) in [5.74, 6) is 1.54. The SMILES string of the molecule is CC(C)C1CCN(c2cccc(Cl)c2CN)C1. The molecule has 17 heavy (non-hydrogen) atoms. The Morgan fingerprint density at radius 1 is 1.47 bits per heavy atom. The summed E-state index contributed by atoms with van der Waals surface area (Å²) in [6.45, 7) is 7.37. The molecule has 0 saturated carbocycles. The van der Waals surface area contributed by atoms with Gasteiger partial charge in [0.25, 0.3) is 0 Å². The van der Waals surface area contributed by atoms with Gasteiger partial charge in [-0.05, 0) is 30.4 Å². The summed E-state index contributed by atoms with van der Waals surface area (Å²) in [7, 11) is 0. The smallest absolute Gasteiger partial charge is 0.0471 e. The third kappa shape index (κ3) is 2.58. The van der Waals surface area contributed by atoms with Crippen LogP contribution in [-0.4, -0.2) is 13.1 Å². The van der Waals surface area contributed by atoms with E-state index >= 15 is 0 Å². The Morgan fingerprint density at radius 2 is 2.24 bits per heavy atom. The molecule has 94 valence electrons. The van der Waals surface area contributed by atoms with Crippen LogP contribution in [0.25, 0.3) is 0 Å². The van der Waals surface area contributed by atoms with Crippen LogP contribution in [0.3, 0.4) is 0 Å². The largest absolute Gasteiger partial charge is 0.371 e. The molecule has 1 fully saturated rings. The fourth-order valence-corrected chi connectivity index (χ4v) is 2.84. The van der Waals surface area contributed by atoms with Gasteiger partial charge in [0.1, 0.15) is 0 Å². The van der Waals surface area contributed by atoms with Crippen LogP contribution in [0.2, 0.25) is 5.02 Å². The van der Waals surface area contributed by atoms with Crippen LogP contribution in [0.5, 0.6) is 0 Å². The Hall–Kier alpha value is -0.730. The van der Waals surface area contributed by atoms with Gasteiger partial charge in [0.15, 0.2) is 0 Å². The molecule has 0 bridgehead atoms. The first-order valence-corrected chi connectivity index (χ1v) is 6.73. The van der Waals surface area contributed by atoms with E-state index in [1.165, 1.54) is 12.1 Å². The lowest BCUT2D eigenvalue weighted by Gasteiger charge is -2.23. The van der Waals surface area contributed by atoms with Crippen molar-refractivity contribution in [1.82, 2.24) is 0 Å². The Balaban J connectivity index is 2.21. The maximum Gasteiger partial charge on any atom is 0.0471 e. The lowest BCUT2D eigenvalue weighted by Crippen LogP contribution is -2.23. The molecule has 0 aliphatic carbocycles. The first-order valence-electron chi connectivity index (χ1n) is 6.36. The van der Waals surface area contributed by atoms with Crippen molar-refractivity contribution in [3.8, 4) is 0 Å². The minimum Gasteiger partial charge on any atom is -0.371 e. The van der Waals surface area contributed by atoms with Gasteiger partial charge in [0.2, 0.25) is 0 Å². The van der Waals surface area contributed by atoms with Crippen molar-refractivity contribution >= 4 is 17.3 Å². The normalized spacial score (nSPS) is 20.3. The van der Waals surface area contributed by atoms with E-state index in [1.54, 1.807) is 0 Å². The van der Waals surface area contributed by atoms with Gasteiger partial charge in [0.05, 0.1) is 0 Å². The zero-order valence-electron chi connectivity index (χ0n) is 10.6. The molecule has 0 aromatic heterocycles. The third-order valence-corrected chi connectivity index (χ3v) is 4.16. The molecule has 0 spiro atoms. The van der Waals surface area contributed by atoms with Crippen molar-refractivity contribution in [3.05, 3.63) is 28.8 Å². The summed E-state index contributed by atoms with van der Waals surface area (Å²) < 4.78 is 0. The van der Waals surface area contributed by atoms with Crippen molar-refractivity contribution in [3.63, 3.8) is 0 Å². The lowest BCUT2D eigenvalue weighted by atomic mass is 9.95. The zero-order chi connectivity index (χ0) is 12.4. The highest BCUT2D eigenvalue weighted by Gasteiger charge is 2.26. The minimum absolute atomic E-state index is 0.512. The van der Waals surface area contributed by atoms with Gasteiger partial charge in [-0.2, -0.15) is 0 Å². The second-order valence-electron chi connectivity index (χ2n) is 5.18. The van der Waals surface area contributed by atoms with E-state index in [1.807, 2.05) is 12.1 Å². The van der Waals surface area contributed by atoms with Crippen LogP contribution in [-0.2, 0) is 6.54 Å². The molecule has 3 heteroatoms. The monoisotopic (exact) mass is 252 g/mol. The van der Waals surface area contributed by atoms with Crippen molar-refractivity contribution in [2.24, 2.45) is 17.6 Å². The Labute approximate surface area is 109 Å². The van der Waals surface area contributed by atoms with Crippen LogP contribution in [0, 0.1) is 11.8 Å². The first kappa shape index (κ1) is 12.7. The number of hydrogen-bond donors (Lipinski definition) is 1. The number of anilines is 1. The predicted molar refractivity (Wildman–Crippen MR) is 74.5 cm³/mol. The van der Waals surface area contributed by atoms with Gasteiger partial charge in [-0.3, -0.25) is 0 Å². The molecule has 1 heterocycles. The van der Waals surface area contributed by atoms with Crippen molar-refractivity contribution in [2.45, 2.75) is 26.8 Å². The lowest BCUT2D eigenvalue weighted by molar-refractivity contribution is 0.422. The van der Waals surface area contributed by atoms with Crippen LogP contribution in [0.4, 0.5) is 5.69 Å². The van der Waals surface area contributed by atoms with Crippen molar-refractivity contribution in [1.29, 1.82) is 0 Å². The van der Waals surface area contributed by atoms with Gasteiger partial charge in [-0.15, -0.1) is 0 Å². The molecule has 0 amide bonds. The van der Waals surface area contributed by atoms with E-state index in [9.17, 15) is 0 Å². The van der Waals surface area contributed by atoms with Gasteiger partial charge in [-0.25, -0.2) is 0 Å². The van der Waals surface area contributed by atoms with Crippen molar-refractivity contribution < 1.29 is 0 Å². The van der Waals surface area contributed by atoms with Gasteiger partial charge >= 0.3 is 0 Å². The highest BCUT2D eigenvalue weighted by molar-refractivity contribution is 6.31. The fourth-order valence-electron chi connectivity index (χ4n) is 2.60. The predicted octanol–water partition coefficient (Wildman–Crippen LogP) is 3.28. The van der Waals surface area contributed by atoms with E-state index in [0.717, 1.165) is 35.5 Å². The number of nitrogens with two attached hydrogens (primary N) is 1. The van der Waals surface area contributed by atoms with Crippen LogP contribution in [0.1, 0.15) is 25.8 Å². The standard InChI is InChI=1S/C14H21ClN2/c1-10(2)11-6-7-17(9-11)14-5-3-4-13(15)12(14)8-16/h3-5,10-11H,6-9,16H2,1-2H3. The average molecular weight is 253 g/mol. The number of hydrogen-bond acceptors (Lipinski definition) is 2. The Kier molecular flexibility index (Phi) is 3.95. The first-order chi connectivity index (χ1) is 8.13. The number of nitrogens with zero attached hydrogens (tertiary/aromatic N) is 1. The molecule has 2 N–H and O–H groups in total. The van der Waals surface area contributed by atoms with Crippen LogP contribution < -0.4 is 10.6 Å². The molecule has 2 nitrogen and oxygen atoms in total. The number of halogens is 1. The Morgan fingerprint density at radius 3 is 2.82 bits per heavy atom. The highest BCUT2D eigenvalue weighted by Crippen LogP contribution is 2.33. The minimum atomic E-state index is 0.512.